The molecule has 2 aromatic carbocycles. The van der Waals surface area contributed by atoms with Gasteiger partial charge in [0.25, 0.3) is 0 Å². The van der Waals surface area contributed by atoms with Crippen molar-refractivity contribution in [3.63, 3.8) is 0 Å². The van der Waals surface area contributed by atoms with E-state index in [-0.39, 0.29) is 0 Å². The van der Waals surface area contributed by atoms with Crippen LogP contribution in [0.3, 0.4) is 0 Å². The number of aliphatic hydroxyl groups excluding tert-OH is 1. The summed E-state index contributed by atoms with van der Waals surface area (Å²) in [5, 5.41) is 11.0. The van der Waals surface area contributed by atoms with Crippen LogP contribution >= 0.6 is 11.6 Å². The van der Waals surface area contributed by atoms with Crippen LogP contribution < -0.4 is 0 Å². The number of nitrogens with zero attached hydrogens (tertiary/aromatic N) is 2. The second-order valence-corrected chi connectivity index (χ2v) is 5.77. The molecule has 108 valence electrons. The minimum absolute atomic E-state index is 0.433. The Hall–Kier alpha value is -1.84. The van der Waals surface area contributed by atoms with Gasteiger partial charge in [0.2, 0.25) is 0 Å². The number of hydrogen-bond acceptors (Lipinski definition) is 2. The van der Waals surface area contributed by atoms with Crippen molar-refractivity contribution in [2.24, 2.45) is 0 Å². The smallest absolute Gasteiger partial charge is 0.0983 e. The summed E-state index contributed by atoms with van der Waals surface area (Å²) in [7, 11) is 0. The van der Waals surface area contributed by atoms with Gasteiger partial charge in [0.15, 0.2) is 0 Å². The summed E-state index contributed by atoms with van der Waals surface area (Å²) in [6, 6.07) is 11.6. The van der Waals surface area contributed by atoms with Crippen molar-refractivity contribution in [2.75, 3.05) is 0 Å². The lowest BCUT2D eigenvalue weighted by Gasteiger charge is -2.14. The molecule has 1 aromatic heterocycles. The van der Waals surface area contributed by atoms with Gasteiger partial charge in [-0.05, 0) is 43.2 Å². The number of aliphatic hydroxyl groups is 1. The molecule has 0 fully saturated rings. The Morgan fingerprint density at radius 3 is 2.67 bits per heavy atom. The third-order valence-electron chi connectivity index (χ3n) is 3.87. The molecule has 3 aromatic rings. The monoisotopic (exact) mass is 300 g/mol. The van der Waals surface area contributed by atoms with Crippen LogP contribution in [-0.2, 0) is 6.54 Å². The van der Waals surface area contributed by atoms with E-state index in [1.807, 2.05) is 22.8 Å². The van der Waals surface area contributed by atoms with Crippen molar-refractivity contribution in [1.29, 1.82) is 0 Å². The molecule has 0 saturated heterocycles. The van der Waals surface area contributed by atoms with Gasteiger partial charge in [-0.2, -0.15) is 0 Å². The lowest BCUT2D eigenvalue weighted by Crippen LogP contribution is -2.08. The molecule has 0 aliphatic carbocycles. The van der Waals surface area contributed by atoms with Gasteiger partial charge in [0.05, 0.1) is 30.0 Å². The summed E-state index contributed by atoms with van der Waals surface area (Å²) >= 11 is 6.14. The zero-order valence-electron chi connectivity index (χ0n) is 12.0. The number of hydrogen-bond donors (Lipinski definition) is 1. The second kappa shape index (κ2) is 5.51. The Morgan fingerprint density at radius 2 is 1.90 bits per heavy atom. The molecule has 0 saturated carbocycles. The highest BCUT2D eigenvalue weighted by Gasteiger charge is 2.13. The molecule has 0 unspecified atom stereocenters. The average molecular weight is 301 g/mol. The number of aryl methyl sites for hydroxylation is 2. The molecule has 4 heteroatoms. The number of halogens is 1. The van der Waals surface area contributed by atoms with Crippen molar-refractivity contribution in [3.05, 3.63) is 64.4 Å². The average Bonchev–Trinajstić information content (AvgIpc) is 2.82. The fourth-order valence-corrected chi connectivity index (χ4v) is 2.75. The van der Waals surface area contributed by atoms with Crippen LogP contribution in [0.2, 0.25) is 5.02 Å². The summed E-state index contributed by atoms with van der Waals surface area (Å²) in [5.74, 6) is 0. The predicted molar refractivity (Wildman–Crippen MR) is 85.6 cm³/mol. The van der Waals surface area contributed by atoms with Crippen LogP contribution in [0.15, 0.2) is 42.7 Å². The van der Waals surface area contributed by atoms with Crippen LogP contribution in [-0.4, -0.2) is 14.7 Å². The molecular formula is C17H17ClN2O. The van der Waals surface area contributed by atoms with Gasteiger partial charge in [-0.15, -0.1) is 0 Å². The quantitative estimate of drug-likeness (QED) is 0.793. The Bertz CT molecular complexity index is 795. The fourth-order valence-electron chi connectivity index (χ4n) is 2.49. The Morgan fingerprint density at radius 1 is 1.19 bits per heavy atom. The first-order chi connectivity index (χ1) is 10.1. The maximum absolute atomic E-state index is 10.4. The van der Waals surface area contributed by atoms with Gasteiger partial charge in [-0.3, -0.25) is 0 Å². The minimum Gasteiger partial charge on any atom is -0.386 e. The molecule has 0 aliphatic rings. The van der Waals surface area contributed by atoms with Gasteiger partial charge in [0.1, 0.15) is 0 Å². The summed E-state index contributed by atoms with van der Waals surface area (Å²) in [6.07, 6.45) is 1.11. The van der Waals surface area contributed by atoms with Gasteiger partial charge in [-0.1, -0.05) is 29.8 Å². The van der Waals surface area contributed by atoms with E-state index in [0.717, 1.165) is 16.6 Å². The minimum atomic E-state index is -0.655. The molecule has 0 spiro atoms. The normalized spacial score (nSPS) is 12.8. The molecule has 1 atom stereocenters. The predicted octanol–water partition coefficient (Wildman–Crippen LogP) is 4.04. The summed E-state index contributed by atoms with van der Waals surface area (Å²) in [5.41, 5.74) is 5.16. The van der Waals surface area contributed by atoms with Crippen molar-refractivity contribution in [3.8, 4) is 0 Å². The molecule has 1 N–H and O–H groups in total. The van der Waals surface area contributed by atoms with Crippen molar-refractivity contribution < 1.29 is 5.11 Å². The Balaban J connectivity index is 1.95. The van der Waals surface area contributed by atoms with Crippen LogP contribution in [0.1, 0.15) is 22.8 Å². The maximum atomic E-state index is 10.4. The molecular weight excluding hydrogens is 284 g/mol. The molecule has 0 aliphatic heterocycles. The van der Waals surface area contributed by atoms with E-state index >= 15 is 0 Å². The number of aromatic nitrogens is 2. The topological polar surface area (TPSA) is 38.0 Å². The summed E-state index contributed by atoms with van der Waals surface area (Å²) < 4.78 is 1.97. The highest BCUT2D eigenvalue weighted by atomic mass is 35.5. The van der Waals surface area contributed by atoms with E-state index < -0.39 is 6.10 Å². The first kappa shape index (κ1) is 14.1. The highest BCUT2D eigenvalue weighted by Crippen LogP contribution is 2.26. The number of rotatable bonds is 3. The third-order valence-corrected chi connectivity index (χ3v) is 4.21. The van der Waals surface area contributed by atoms with Gasteiger partial charge in [-0.25, -0.2) is 4.98 Å². The number of fused-ring (bicyclic) bond motifs is 1. The van der Waals surface area contributed by atoms with Gasteiger partial charge >= 0.3 is 0 Å². The summed E-state index contributed by atoms with van der Waals surface area (Å²) in [6.45, 7) is 4.59. The van der Waals surface area contributed by atoms with E-state index in [1.165, 1.54) is 11.1 Å². The van der Waals surface area contributed by atoms with E-state index in [2.05, 4.69) is 31.0 Å². The molecule has 3 nitrogen and oxygen atoms in total. The first-order valence-corrected chi connectivity index (χ1v) is 7.28. The van der Waals surface area contributed by atoms with Crippen LogP contribution in [0.25, 0.3) is 11.0 Å². The van der Waals surface area contributed by atoms with Crippen LogP contribution in [0, 0.1) is 13.8 Å². The summed E-state index contributed by atoms with van der Waals surface area (Å²) in [4.78, 5) is 4.41. The SMILES string of the molecule is Cc1cc2ncn(C[C@@H](O)c3ccccc3Cl)c2cc1C. The molecule has 1 heterocycles. The van der Waals surface area contributed by atoms with E-state index in [4.69, 9.17) is 11.6 Å². The van der Waals surface area contributed by atoms with Crippen molar-refractivity contribution >= 4 is 22.6 Å². The van der Waals surface area contributed by atoms with E-state index in [9.17, 15) is 5.11 Å². The Kier molecular flexibility index (Phi) is 3.70. The third kappa shape index (κ3) is 2.67. The molecule has 3 rings (SSSR count). The van der Waals surface area contributed by atoms with Crippen molar-refractivity contribution in [2.45, 2.75) is 26.5 Å². The number of benzene rings is 2. The van der Waals surface area contributed by atoms with E-state index in [1.54, 1.807) is 12.4 Å². The molecule has 0 radical (unpaired) electrons. The zero-order chi connectivity index (χ0) is 15.0. The Labute approximate surface area is 128 Å². The van der Waals surface area contributed by atoms with Gasteiger partial charge < -0.3 is 9.67 Å². The molecule has 0 bridgehead atoms. The second-order valence-electron chi connectivity index (χ2n) is 5.36. The van der Waals surface area contributed by atoms with Crippen LogP contribution in [0.4, 0.5) is 0 Å². The van der Waals surface area contributed by atoms with Crippen molar-refractivity contribution in [1.82, 2.24) is 9.55 Å². The van der Waals surface area contributed by atoms with Gasteiger partial charge in [0, 0.05) is 10.6 Å². The lowest BCUT2D eigenvalue weighted by molar-refractivity contribution is 0.158. The standard InChI is InChI=1S/C17H17ClN2O/c1-11-7-15-16(8-12(11)2)20(10-19-15)9-17(21)13-5-3-4-6-14(13)18/h3-8,10,17,21H,9H2,1-2H3/t17-/m1/s1. The van der Waals surface area contributed by atoms with Crippen LogP contribution in [0.5, 0.6) is 0 Å². The fraction of sp³-hybridized carbons (Fsp3) is 0.235. The highest BCUT2D eigenvalue weighted by molar-refractivity contribution is 6.31. The van der Waals surface area contributed by atoms with E-state index in [0.29, 0.717) is 11.6 Å². The molecule has 21 heavy (non-hydrogen) atoms. The molecule has 0 amide bonds. The lowest BCUT2D eigenvalue weighted by atomic mass is 10.1. The zero-order valence-corrected chi connectivity index (χ0v) is 12.8. The number of imidazole rings is 1. The maximum Gasteiger partial charge on any atom is 0.0983 e. The largest absolute Gasteiger partial charge is 0.386 e. The first-order valence-electron chi connectivity index (χ1n) is 6.91.